The maximum atomic E-state index is 11.9. The summed E-state index contributed by atoms with van der Waals surface area (Å²) in [5.74, 6) is -0.103. The molecule has 1 aromatic rings. The van der Waals surface area contributed by atoms with Gasteiger partial charge in [0.25, 0.3) is 5.91 Å². The lowest BCUT2D eigenvalue weighted by Crippen LogP contribution is -2.46. The van der Waals surface area contributed by atoms with Gasteiger partial charge in [0.15, 0.2) is 0 Å². The van der Waals surface area contributed by atoms with Gasteiger partial charge in [-0.1, -0.05) is 12.2 Å². The van der Waals surface area contributed by atoms with Crippen molar-refractivity contribution in [3.05, 3.63) is 18.0 Å². The van der Waals surface area contributed by atoms with Gasteiger partial charge in [0, 0.05) is 38.9 Å². The zero-order chi connectivity index (χ0) is 13.8. The summed E-state index contributed by atoms with van der Waals surface area (Å²) >= 11 is 4.90. The largest absolute Gasteiger partial charge is 0.392 e. The predicted molar refractivity (Wildman–Crippen MR) is 76.9 cm³/mol. The molecule has 1 amide bonds. The molecule has 2 heterocycles. The molecule has 0 radical (unpaired) electrons. The summed E-state index contributed by atoms with van der Waals surface area (Å²) in [6, 6.07) is 1.93. The summed E-state index contributed by atoms with van der Waals surface area (Å²) in [6.45, 7) is 2.48. The number of carbonyl (C=O) groups excluding carboxylic acids is 1. The van der Waals surface area contributed by atoms with Gasteiger partial charge < -0.3 is 11.1 Å². The number of nitrogens with one attached hydrogen (secondary N) is 1. The minimum absolute atomic E-state index is 0.103. The number of rotatable bonds is 4. The van der Waals surface area contributed by atoms with Crippen LogP contribution in [0.1, 0.15) is 23.3 Å². The number of likely N-dealkylation sites (tertiary alicyclic amines) is 1. The highest BCUT2D eigenvalue weighted by Crippen LogP contribution is 2.10. The first-order valence-electron chi connectivity index (χ1n) is 6.36. The minimum Gasteiger partial charge on any atom is -0.392 e. The van der Waals surface area contributed by atoms with E-state index in [1.807, 2.05) is 0 Å². The smallest absolute Gasteiger partial charge is 0.271 e. The van der Waals surface area contributed by atoms with Crippen molar-refractivity contribution in [2.24, 2.45) is 12.8 Å². The zero-order valence-electron chi connectivity index (χ0n) is 11.0. The van der Waals surface area contributed by atoms with Gasteiger partial charge in [0.2, 0.25) is 0 Å². The molecule has 1 saturated heterocycles. The van der Waals surface area contributed by atoms with Crippen molar-refractivity contribution in [1.82, 2.24) is 20.0 Å². The molecule has 1 aliphatic heterocycles. The van der Waals surface area contributed by atoms with Gasteiger partial charge in [0.05, 0.1) is 4.99 Å². The number of carbonyl (C=O) groups is 1. The zero-order valence-corrected chi connectivity index (χ0v) is 11.8. The van der Waals surface area contributed by atoms with Gasteiger partial charge in [-0.25, -0.2) is 0 Å². The van der Waals surface area contributed by atoms with E-state index in [4.69, 9.17) is 18.0 Å². The van der Waals surface area contributed by atoms with Gasteiger partial charge in [-0.2, -0.15) is 5.10 Å². The second kappa shape index (κ2) is 6.12. The molecule has 0 bridgehead atoms. The molecule has 1 fully saturated rings. The lowest BCUT2D eigenvalue weighted by Gasteiger charge is -2.31. The summed E-state index contributed by atoms with van der Waals surface area (Å²) < 4.78 is 1.62. The summed E-state index contributed by atoms with van der Waals surface area (Å²) in [6.07, 6.45) is 3.60. The molecule has 0 spiro atoms. The molecular formula is C12H19N5OS. The average Bonchev–Trinajstić information content (AvgIpc) is 2.78. The van der Waals surface area contributed by atoms with Gasteiger partial charge in [-0.3, -0.25) is 14.4 Å². The topological polar surface area (TPSA) is 76.2 Å². The number of aromatic nitrogens is 2. The molecule has 6 nitrogen and oxygen atoms in total. The Morgan fingerprint density at radius 2 is 2.26 bits per heavy atom. The molecule has 0 aliphatic carbocycles. The van der Waals surface area contributed by atoms with Crippen molar-refractivity contribution in [1.29, 1.82) is 0 Å². The summed E-state index contributed by atoms with van der Waals surface area (Å²) in [4.78, 5) is 14.7. The van der Waals surface area contributed by atoms with E-state index in [2.05, 4.69) is 15.3 Å². The molecule has 0 aromatic carbocycles. The van der Waals surface area contributed by atoms with Crippen molar-refractivity contribution in [3.8, 4) is 0 Å². The summed E-state index contributed by atoms with van der Waals surface area (Å²) in [5.41, 5.74) is 5.99. The number of amides is 1. The Labute approximate surface area is 117 Å². The highest BCUT2D eigenvalue weighted by molar-refractivity contribution is 7.80. The van der Waals surface area contributed by atoms with Crippen LogP contribution in [0.25, 0.3) is 0 Å². The van der Waals surface area contributed by atoms with Crippen LogP contribution >= 0.6 is 12.2 Å². The van der Waals surface area contributed by atoms with Crippen LogP contribution < -0.4 is 11.1 Å². The molecule has 2 rings (SSSR count). The van der Waals surface area contributed by atoms with Crippen LogP contribution in [0.2, 0.25) is 0 Å². The lowest BCUT2D eigenvalue weighted by atomic mass is 10.0. The minimum atomic E-state index is -0.103. The van der Waals surface area contributed by atoms with Gasteiger partial charge in [-0.05, 0) is 18.9 Å². The average molecular weight is 281 g/mol. The van der Waals surface area contributed by atoms with Crippen molar-refractivity contribution in [2.75, 3.05) is 19.6 Å². The monoisotopic (exact) mass is 281 g/mol. The normalized spacial score (nSPS) is 17.3. The predicted octanol–water partition coefficient (Wildman–Crippen LogP) is -0.0996. The van der Waals surface area contributed by atoms with Gasteiger partial charge >= 0.3 is 0 Å². The molecule has 0 atom stereocenters. The van der Waals surface area contributed by atoms with Crippen LogP contribution in [-0.2, 0) is 7.05 Å². The SMILES string of the molecule is Cn1ccc(C(=O)NC2CCN(CC(N)=S)CC2)n1. The Bertz CT molecular complexity index is 464. The van der Waals surface area contributed by atoms with Crippen molar-refractivity contribution in [3.63, 3.8) is 0 Å². The first kappa shape index (κ1) is 14.0. The Kier molecular flexibility index (Phi) is 4.49. The summed E-state index contributed by atoms with van der Waals surface area (Å²) in [5, 5.41) is 7.11. The molecule has 3 N–H and O–H groups in total. The van der Waals surface area contributed by atoms with E-state index in [-0.39, 0.29) is 11.9 Å². The molecule has 7 heteroatoms. The number of hydrogen-bond acceptors (Lipinski definition) is 4. The Morgan fingerprint density at radius 3 is 2.79 bits per heavy atom. The second-order valence-electron chi connectivity index (χ2n) is 4.86. The first-order chi connectivity index (χ1) is 9.04. The number of hydrogen-bond donors (Lipinski definition) is 2. The Balaban J connectivity index is 1.79. The first-order valence-corrected chi connectivity index (χ1v) is 6.76. The molecule has 104 valence electrons. The molecule has 0 unspecified atom stereocenters. The fourth-order valence-electron chi connectivity index (χ4n) is 2.25. The third-order valence-corrected chi connectivity index (χ3v) is 3.38. The van der Waals surface area contributed by atoms with Crippen LogP contribution in [0.3, 0.4) is 0 Å². The molecule has 1 aliphatic rings. The second-order valence-corrected chi connectivity index (χ2v) is 5.39. The van der Waals surface area contributed by atoms with Crippen LogP contribution in [0, 0.1) is 0 Å². The van der Waals surface area contributed by atoms with E-state index >= 15 is 0 Å². The molecule has 0 saturated carbocycles. The van der Waals surface area contributed by atoms with E-state index in [1.54, 1.807) is 24.0 Å². The van der Waals surface area contributed by atoms with Crippen LogP contribution in [-0.4, -0.2) is 51.3 Å². The van der Waals surface area contributed by atoms with E-state index in [1.165, 1.54) is 0 Å². The van der Waals surface area contributed by atoms with Crippen LogP contribution in [0.4, 0.5) is 0 Å². The number of nitrogens with two attached hydrogens (primary N) is 1. The van der Waals surface area contributed by atoms with Gasteiger partial charge in [0.1, 0.15) is 5.69 Å². The van der Waals surface area contributed by atoms with Crippen molar-refractivity contribution in [2.45, 2.75) is 18.9 Å². The standard InChI is InChI=1S/C12H19N5OS/c1-16-5-4-10(15-16)12(18)14-9-2-6-17(7-3-9)8-11(13)19/h4-5,9H,2-3,6-8H2,1H3,(H2,13,19)(H,14,18). The summed E-state index contributed by atoms with van der Waals surface area (Å²) in [7, 11) is 1.80. The Hall–Kier alpha value is -1.47. The fraction of sp³-hybridized carbons (Fsp3) is 0.583. The van der Waals surface area contributed by atoms with E-state index in [9.17, 15) is 4.79 Å². The van der Waals surface area contributed by atoms with Crippen LogP contribution in [0.5, 0.6) is 0 Å². The fourth-order valence-corrected chi connectivity index (χ4v) is 2.43. The number of piperidine rings is 1. The maximum absolute atomic E-state index is 11.9. The number of nitrogens with zero attached hydrogens (tertiary/aromatic N) is 3. The van der Waals surface area contributed by atoms with Crippen molar-refractivity contribution >= 4 is 23.1 Å². The highest BCUT2D eigenvalue weighted by Gasteiger charge is 2.21. The number of aryl methyl sites for hydroxylation is 1. The van der Waals surface area contributed by atoms with Crippen LogP contribution in [0.15, 0.2) is 12.3 Å². The van der Waals surface area contributed by atoms with E-state index < -0.39 is 0 Å². The van der Waals surface area contributed by atoms with E-state index in [0.717, 1.165) is 25.9 Å². The third kappa shape index (κ3) is 4.00. The molecule has 1 aromatic heterocycles. The molecular weight excluding hydrogens is 262 g/mol. The van der Waals surface area contributed by atoms with E-state index in [0.29, 0.717) is 17.2 Å². The number of thiocarbonyl (C=S) groups is 1. The molecule has 19 heavy (non-hydrogen) atoms. The maximum Gasteiger partial charge on any atom is 0.271 e. The third-order valence-electron chi connectivity index (χ3n) is 3.25. The quantitative estimate of drug-likeness (QED) is 0.754. The van der Waals surface area contributed by atoms with Crippen molar-refractivity contribution < 1.29 is 4.79 Å². The lowest BCUT2D eigenvalue weighted by molar-refractivity contribution is 0.0909. The van der Waals surface area contributed by atoms with Gasteiger partial charge in [-0.15, -0.1) is 0 Å². The highest BCUT2D eigenvalue weighted by atomic mass is 32.1. The Morgan fingerprint density at radius 1 is 1.58 bits per heavy atom.